The summed E-state index contributed by atoms with van der Waals surface area (Å²) in [6, 6.07) is 19.6. The number of para-hydroxylation sites is 2. The van der Waals surface area contributed by atoms with Crippen LogP contribution in [0.1, 0.15) is 28.9 Å². The van der Waals surface area contributed by atoms with Gasteiger partial charge in [-0.1, -0.05) is 36.4 Å². The van der Waals surface area contributed by atoms with Crippen LogP contribution < -0.4 is 0 Å². The van der Waals surface area contributed by atoms with Gasteiger partial charge in [0.25, 0.3) is 0 Å². The van der Waals surface area contributed by atoms with Gasteiger partial charge in [-0.15, -0.1) is 0 Å². The average Bonchev–Trinajstić information content (AvgIpc) is 3.39. The van der Waals surface area contributed by atoms with E-state index in [4.69, 9.17) is 0 Å². The van der Waals surface area contributed by atoms with Gasteiger partial charge < -0.3 is 0 Å². The summed E-state index contributed by atoms with van der Waals surface area (Å²) in [7, 11) is 0. The van der Waals surface area contributed by atoms with Crippen molar-refractivity contribution < 1.29 is 9.59 Å². The van der Waals surface area contributed by atoms with E-state index in [0.717, 1.165) is 33.9 Å². The first-order chi connectivity index (χ1) is 16.0. The molecule has 4 rings (SSSR count). The molecule has 0 aliphatic carbocycles. The molecule has 4 aromatic rings. The average molecular weight is 437 g/mol. The van der Waals surface area contributed by atoms with E-state index in [9.17, 15) is 9.59 Å². The van der Waals surface area contributed by atoms with E-state index in [1.165, 1.54) is 12.2 Å². The summed E-state index contributed by atoms with van der Waals surface area (Å²) in [5.41, 5.74) is 5.40. The maximum absolute atomic E-state index is 12.3. The molecule has 33 heavy (non-hydrogen) atoms. The van der Waals surface area contributed by atoms with Crippen molar-refractivity contribution in [1.29, 1.82) is 0 Å². The third-order valence-electron chi connectivity index (χ3n) is 5.34. The number of carbonyl (C=O) groups is 2. The van der Waals surface area contributed by atoms with Crippen LogP contribution in [0.2, 0.25) is 0 Å². The van der Waals surface area contributed by atoms with Crippen molar-refractivity contribution in [3.63, 3.8) is 0 Å². The van der Waals surface area contributed by atoms with Crippen molar-refractivity contribution in [2.75, 3.05) is 0 Å². The van der Waals surface area contributed by atoms with Gasteiger partial charge in [0.2, 0.25) is 0 Å². The molecule has 2 aromatic carbocycles. The topological polar surface area (TPSA) is 69.8 Å². The molecule has 0 radical (unpaired) electrons. The Morgan fingerprint density at radius 2 is 1.09 bits per heavy atom. The zero-order chi connectivity index (χ0) is 23.2. The van der Waals surface area contributed by atoms with Gasteiger partial charge in [0.05, 0.1) is 30.2 Å². The van der Waals surface area contributed by atoms with Crippen molar-refractivity contribution in [1.82, 2.24) is 19.6 Å². The Hall–Kier alpha value is -4.32. The lowest BCUT2D eigenvalue weighted by Crippen LogP contribution is -2.02. The lowest BCUT2D eigenvalue weighted by Gasteiger charge is -2.03. The van der Waals surface area contributed by atoms with Crippen molar-refractivity contribution in [3.8, 4) is 11.4 Å². The molecular formula is C27H24N4O2. The van der Waals surface area contributed by atoms with Crippen LogP contribution >= 0.6 is 0 Å². The zero-order valence-electron chi connectivity index (χ0n) is 18.6. The SMILES string of the molecule is Cc1c(/C=C/C(=O)CC(=O)/C=C/c2cnn(-c3ccccc3)c2C)cnn1-c1ccccc1. The monoisotopic (exact) mass is 436 g/mol. The van der Waals surface area contributed by atoms with E-state index in [0.29, 0.717) is 0 Å². The van der Waals surface area contributed by atoms with Gasteiger partial charge in [0.1, 0.15) is 0 Å². The first-order valence-electron chi connectivity index (χ1n) is 10.6. The van der Waals surface area contributed by atoms with Gasteiger partial charge in [-0.3, -0.25) is 9.59 Å². The van der Waals surface area contributed by atoms with E-state index in [2.05, 4.69) is 10.2 Å². The second-order valence-corrected chi connectivity index (χ2v) is 7.64. The summed E-state index contributed by atoms with van der Waals surface area (Å²) in [6.45, 7) is 3.88. The molecule has 2 aromatic heterocycles. The summed E-state index contributed by atoms with van der Waals surface area (Å²) in [6.07, 6.45) is 9.50. The number of aromatic nitrogens is 4. The Labute approximate surface area is 192 Å². The third-order valence-corrected chi connectivity index (χ3v) is 5.34. The van der Waals surface area contributed by atoms with Crippen LogP contribution in [0.4, 0.5) is 0 Å². The minimum atomic E-state index is -0.256. The Kier molecular flexibility index (Phi) is 6.55. The van der Waals surface area contributed by atoms with Crippen molar-refractivity contribution in [2.24, 2.45) is 0 Å². The lowest BCUT2D eigenvalue weighted by atomic mass is 10.1. The van der Waals surface area contributed by atoms with Crippen molar-refractivity contribution in [2.45, 2.75) is 20.3 Å². The molecule has 0 saturated heterocycles. The number of hydrogen-bond donors (Lipinski definition) is 0. The van der Waals surface area contributed by atoms with Crippen LogP contribution in [0, 0.1) is 13.8 Å². The summed E-state index contributed by atoms with van der Waals surface area (Å²) < 4.78 is 3.63. The molecule has 0 N–H and O–H groups in total. The number of rotatable bonds is 8. The minimum Gasteiger partial charge on any atom is -0.294 e. The second-order valence-electron chi connectivity index (χ2n) is 7.64. The smallest absolute Gasteiger partial charge is 0.163 e. The van der Waals surface area contributed by atoms with Crippen molar-refractivity contribution in [3.05, 3.63) is 108 Å². The van der Waals surface area contributed by atoms with Crippen LogP contribution in [-0.2, 0) is 9.59 Å². The highest BCUT2D eigenvalue weighted by atomic mass is 16.1. The number of allylic oxidation sites excluding steroid dienone is 2. The Morgan fingerprint density at radius 3 is 1.48 bits per heavy atom. The van der Waals surface area contributed by atoms with Crippen LogP contribution in [-0.4, -0.2) is 31.1 Å². The first-order valence-corrected chi connectivity index (χ1v) is 10.6. The van der Waals surface area contributed by atoms with Gasteiger partial charge in [-0.2, -0.15) is 10.2 Å². The molecule has 2 heterocycles. The molecular weight excluding hydrogens is 412 g/mol. The normalized spacial score (nSPS) is 11.5. The largest absolute Gasteiger partial charge is 0.294 e. The van der Waals surface area contributed by atoms with Gasteiger partial charge >= 0.3 is 0 Å². The van der Waals surface area contributed by atoms with E-state index >= 15 is 0 Å². The molecule has 0 unspecified atom stereocenters. The van der Waals surface area contributed by atoms with E-state index in [-0.39, 0.29) is 18.0 Å². The molecule has 0 fully saturated rings. The predicted octanol–water partition coefficient (Wildman–Crippen LogP) is 4.93. The maximum Gasteiger partial charge on any atom is 0.163 e. The predicted molar refractivity (Wildman–Crippen MR) is 129 cm³/mol. The Morgan fingerprint density at radius 1 is 0.697 bits per heavy atom. The molecule has 0 amide bonds. The summed E-state index contributed by atoms with van der Waals surface area (Å²) >= 11 is 0. The molecule has 0 aliphatic rings. The summed E-state index contributed by atoms with van der Waals surface area (Å²) in [5.74, 6) is -0.513. The van der Waals surface area contributed by atoms with E-state index in [1.807, 2.05) is 83.9 Å². The standard InChI is InChI=1S/C27H24N4O2/c1-20-22(18-28-30(20)24-9-5-3-6-10-24)13-15-26(32)17-27(33)16-14-23-19-29-31(21(23)2)25-11-7-4-8-12-25/h3-16,18-19H,17H2,1-2H3/b15-13+,16-14+. The lowest BCUT2D eigenvalue weighted by molar-refractivity contribution is -0.121. The van der Waals surface area contributed by atoms with Gasteiger partial charge in [-0.25, -0.2) is 9.36 Å². The number of hydrogen-bond acceptors (Lipinski definition) is 4. The molecule has 6 heteroatoms. The summed E-state index contributed by atoms with van der Waals surface area (Å²) in [4.78, 5) is 24.6. The van der Waals surface area contributed by atoms with Gasteiger partial charge in [0, 0.05) is 22.5 Å². The van der Waals surface area contributed by atoms with Gasteiger partial charge in [-0.05, 0) is 62.4 Å². The fourth-order valence-corrected chi connectivity index (χ4v) is 3.49. The number of nitrogens with zero attached hydrogens (tertiary/aromatic N) is 4. The molecule has 0 bridgehead atoms. The van der Waals surface area contributed by atoms with Crippen LogP contribution in [0.15, 0.2) is 85.2 Å². The maximum atomic E-state index is 12.3. The molecule has 0 atom stereocenters. The van der Waals surface area contributed by atoms with Crippen molar-refractivity contribution >= 4 is 23.7 Å². The number of benzene rings is 2. The fraction of sp³-hybridized carbons (Fsp3) is 0.111. The molecule has 0 saturated carbocycles. The summed E-state index contributed by atoms with van der Waals surface area (Å²) in [5, 5.41) is 8.78. The van der Waals surface area contributed by atoms with Gasteiger partial charge in [0.15, 0.2) is 11.6 Å². The molecule has 164 valence electrons. The first kappa shape index (κ1) is 21.9. The fourth-order valence-electron chi connectivity index (χ4n) is 3.49. The highest BCUT2D eigenvalue weighted by Gasteiger charge is 2.09. The van der Waals surface area contributed by atoms with Crippen LogP contribution in [0.3, 0.4) is 0 Å². The molecule has 0 spiro atoms. The van der Waals surface area contributed by atoms with E-state index in [1.54, 1.807) is 24.5 Å². The molecule has 6 nitrogen and oxygen atoms in total. The number of ketones is 2. The van der Waals surface area contributed by atoms with Crippen LogP contribution in [0.5, 0.6) is 0 Å². The zero-order valence-corrected chi connectivity index (χ0v) is 18.6. The van der Waals surface area contributed by atoms with Crippen LogP contribution in [0.25, 0.3) is 23.5 Å². The highest BCUT2D eigenvalue weighted by molar-refractivity contribution is 6.10. The Balaban J connectivity index is 1.37. The number of carbonyl (C=O) groups excluding carboxylic acids is 2. The Bertz CT molecular complexity index is 1230. The quantitative estimate of drug-likeness (QED) is 0.290. The molecule has 0 aliphatic heterocycles. The third kappa shape index (κ3) is 5.13. The minimum absolute atomic E-state index is 0.190. The highest BCUT2D eigenvalue weighted by Crippen LogP contribution is 2.16. The van der Waals surface area contributed by atoms with E-state index < -0.39 is 0 Å². The second kappa shape index (κ2) is 9.87.